The lowest BCUT2D eigenvalue weighted by Gasteiger charge is -2.24. The summed E-state index contributed by atoms with van der Waals surface area (Å²) in [6, 6.07) is 0. The fourth-order valence-corrected chi connectivity index (χ4v) is 4.24. The second-order valence-electron chi connectivity index (χ2n) is 4.78. The molecule has 2 rings (SSSR count). The number of thiazole rings is 1. The van der Waals surface area contributed by atoms with Crippen molar-refractivity contribution < 1.29 is 13.2 Å². The van der Waals surface area contributed by atoms with Crippen LogP contribution in [0.1, 0.15) is 13.8 Å². The van der Waals surface area contributed by atoms with E-state index < -0.39 is 15.6 Å². The van der Waals surface area contributed by atoms with Gasteiger partial charge in [0.25, 0.3) is 10.0 Å². The number of aromatic nitrogens is 2. The molecule has 0 saturated carbocycles. The summed E-state index contributed by atoms with van der Waals surface area (Å²) in [4.78, 5) is 4.57. The summed E-state index contributed by atoms with van der Waals surface area (Å²) in [5, 5.41) is 1.72. The third kappa shape index (κ3) is 2.73. The van der Waals surface area contributed by atoms with Crippen LogP contribution in [0, 0.1) is 0 Å². The number of methoxy groups -OCH3 is 1. The number of rotatable bonds is 5. The Morgan fingerprint density at radius 3 is 2.89 bits per heavy atom. The number of imidazole rings is 1. The molecule has 2 heterocycles. The van der Waals surface area contributed by atoms with Crippen molar-refractivity contribution in [3.63, 3.8) is 0 Å². The summed E-state index contributed by atoms with van der Waals surface area (Å²) in [5.41, 5.74) is 4.97. The SMILES string of the molecule is COCC(C)(C)NS(=O)(=O)c1c(N)nc2sccn12. The van der Waals surface area contributed by atoms with E-state index in [1.807, 2.05) is 0 Å². The quantitative estimate of drug-likeness (QED) is 0.846. The van der Waals surface area contributed by atoms with E-state index >= 15 is 0 Å². The van der Waals surface area contributed by atoms with Gasteiger partial charge in [-0.05, 0) is 13.8 Å². The number of nitrogen functional groups attached to an aromatic ring is 1. The predicted octanol–water partition coefficient (Wildman–Crippen LogP) is 0.681. The molecular formula is C10H16N4O3S2. The molecule has 3 N–H and O–H groups in total. The Morgan fingerprint density at radius 1 is 1.58 bits per heavy atom. The lowest BCUT2D eigenvalue weighted by atomic mass is 10.1. The van der Waals surface area contributed by atoms with Crippen molar-refractivity contribution in [1.82, 2.24) is 14.1 Å². The van der Waals surface area contributed by atoms with E-state index in [4.69, 9.17) is 10.5 Å². The summed E-state index contributed by atoms with van der Waals surface area (Å²) < 4.78 is 33.9. The number of nitrogens with two attached hydrogens (primary N) is 1. The Morgan fingerprint density at radius 2 is 2.26 bits per heavy atom. The molecule has 0 aliphatic rings. The first-order valence-corrected chi connectivity index (χ1v) is 7.87. The van der Waals surface area contributed by atoms with Crippen LogP contribution in [0.25, 0.3) is 4.96 Å². The van der Waals surface area contributed by atoms with E-state index in [-0.39, 0.29) is 17.5 Å². The monoisotopic (exact) mass is 304 g/mol. The number of nitrogens with zero attached hydrogens (tertiary/aromatic N) is 2. The first kappa shape index (κ1) is 14.3. The average molecular weight is 304 g/mol. The van der Waals surface area contributed by atoms with Crippen LogP contribution in [0.2, 0.25) is 0 Å². The molecule has 0 aromatic carbocycles. The van der Waals surface area contributed by atoms with Crippen LogP contribution in [0.3, 0.4) is 0 Å². The molecule has 106 valence electrons. The predicted molar refractivity (Wildman–Crippen MR) is 73.8 cm³/mol. The van der Waals surface area contributed by atoms with E-state index in [0.717, 1.165) is 0 Å². The van der Waals surface area contributed by atoms with Crippen LogP contribution >= 0.6 is 11.3 Å². The average Bonchev–Trinajstić information content (AvgIpc) is 2.73. The summed E-state index contributed by atoms with van der Waals surface area (Å²) >= 11 is 1.32. The van der Waals surface area contributed by atoms with Gasteiger partial charge in [0.1, 0.15) is 0 Å². The lowest BCUT2D eigenvalue weighted by Crippen LogP contribution is -2.47. The summed E-state index contributed by atoms with van der Waals surface area (Å²) in [5.74, 6) is -0.00688. The van der Waals surface area contributed by atoms with Crippen molar-refractivity contribution in [2.75, 3.05) is 19.5 Å². The summed E-state index contributed by atoms with van der Waals surface area (Å²) in [6.07, 6.45) is 1.63. The number of ether oxygens (including phenoxy) is 1. The Labute approximate surface area is 115 Å². The molecule has 0 spiro atoms. The van der Waals surface area contributed by atoms with Gasteiger partial charge in [0.15, 0.2) is 15.8 Å². The van der Waals surface area contributed by atoms with Crippen LogP contribution in [0.5, 0.6) is 0 Å². The standard InChI is InChI=1S/C10H16N4O3S2/c1-10(2,6-17-3)13-19(15,16)8-7(11)12-9-14(8)4-5-18-9/h4-5,13H,6,11H2,1-3H3. The second-order valence-corrected chi connectivity index (χ2v) is 7.25. The number of fused-ring (bicyclic) bond motifs is 1. The van der Waals surface area contributed by atoms with Crippen molar-refractivity contribution in [1.29, 1.82) is 0 Å². The van der Waals surface area contributed by atoms with Gasteiger partial charge >= 0.3 is 0 Å². The number of hydrogen-bond acceptors (Lipinski definition) is 6. The molecule has 2 aromatic heterocycles. The highest BCUT2D eigenvalue weighted by Crippen LogP contribution is 2.24. The van der Waals surface area contributed by atoms with Crippen molar-refractivity contribution in [3.8, 4) is 0 Å². The van der Waals surface area contributed by atoms with Gasteiger partial charge in [0.2, 0.25) is 0 Å². The minimum absolute atomic E-state index is 0.00688. The van der Waals surface area contributed by atoms with Crippen molar-refractivity contribution in [2.45, 2.75) is 24.4 Å². The van der Waals surface area contributed by atoms with Crippen LogP contribution in [-0.4, -0.2) is 37.1 Å². The molecular weight excluding hydrogens is 288 g/mol. The van der Waals surface area contributed by atoms with Crippen LogP contribution in [-0.2, 0) is 14.8 Å². The lowest BCUT2D eigenvalue weighted by molar-refractivity contribution is 0.141. The highest BCUT2D eigenvalue weighted by atomic mass is 32.2. The Bertz CT molecular complexity index is 687. The van der Waals surface area contributed by atoms with E-state index in [9.17, 15) is 8.42 Å². The molecule has 0 fully saturated rings. The van der Waals surface area contributed by atoms with E-state index in [2.05, 4.69) is 9.71 Å². The fraction of sp³-hybridized carbons (Fsp3) is 0.500. The molecule has 0 aliphatic carbocycles. The maximum absolute atomic E-state index is 12.4. The van der Waals surface area contributed by atoms with Gasteiger partial charge < -0.3 is 10.5 Å². The molecule has 0 atom stereocenters. The van der Waals surface area contributed by atoms with Crippen LogP contribution < -0.4 is 10.5 Å². The minimum atomic E-state index is -3.77. The fourth-order valence-electron chi connectivity index (χ4n) is 1.85. The maximum atomic E-state index is 12.4. The summed E-state index contributed by atoms with van der Waals surface area (Å²) in [7, 11) is -2.26. The molecule has 0 saturated heterocycles. The van der Waals surface area contributed by atoms with Gasteiger partial charge in [-0.3, -0.25) is 4.40 Å². The third-order valence-corrected chi connectivity index (χ3v) is 4.91. The molecule has 0 amide bonds. The zero-order valence-corrected chi connectivity index (χ0v) is 12.5. The molecule has 0 bridgehead atoms. The third-order valence-electron chi connectivity index (χ3n) is 2.41. The molecule has 19 heavy (non-hydrogen) atoms. The van der Waals surface area contributed by atoms with Gasteiger partial charge in [-0.2, -0.15) is 0 Å². The Kier molecular flexibility index (Phi) is 3.56. The highest BCUT2D eigenvalue weighted by molar-refractivity contribution is 7.89. The zero-order valence-electron chi connectivity index (χ0n) is 10.9. The molecule has 7 nitrogen and oxygen atoms in total. The van der Waals surface area contributed by atoms with Gasteiger partial charge in [0, 0.05) is 18.7 Å². The number of hydrogen-bond donors (Lipinski definition) is 2. The van der Waals surface area contributed by atoms with Crippen molar-refractivity contribution in [2.24, 2.45) is 0 Å². The first-order chi connectivity index (χ1) is 8.77. The Hall–Kier alpha value is -1.16. The van der Waals surface area contributed by atoms with Crippen molar-refractivity contribution >= 4 is 32.1 Å². The Balaban J connectivity index is 2.45. The van der Waals surface area contributed by atoms with Crippen molar-refractivity contribution in [3.05, 3.63) is 11.6 Å². The van der Waals surface area contributed by atoms with Crippen LogP contribution in [0.4, 0.5) is 5.82 Å². The van der Waals surface area contributed by atoms with Crippen LogP contribution in [0.15, 0.2) is 16.6 Å². The van der Waals surface area contributed by atoms with Gasteiger partial charge in [0.05, 0.1) is 12.1 Å². The minimum Gasteiger partial charge on any atom is -0.383 e. The molecule has 9 heteroatoms. The van der Waals surface area contributed by atoms with E-state index in [0.29, 0.717) is 4.96 Å². The maximum Gasteiger partial charge on any atom is 0.260 e. The number of anilines is 1. The van der Waals surface area contributed by atoms with E-state index in [1.165, 1.54) is 22.8 Å². The van der Waals surface area contributed by atoms with Gasteiger partial charge in [-0.1, -0.05) is 0 Å². The normalized spacial score (nSPS) is 13.2. The first-order valence-electron chi connectivity index (χ1n) is 5.51. The zero-order chi connectivity index (χ0) is 14.3. The molecule has 2 aromatic rings. The number of sulfonamides is 1. The number of nitrogens with one attached hydrogen (secondary N) is 1. The summed E-state index contributed by atoms with van der Waals surface area (Å²) in [6.45, 7) is 3.71. The highest BCUT2D eigenvalue weighted by Gasteiger charge is 2.31. The topological polar surface area (TPSA) is 98.7 Å². The largest absolute Gasteiger partial charge is 0.383 e. The van der Waals surface area contributed by atoms with Gasteiger partial charge in [-0.25, -0.2) is 18.1 Å². The molecule has 0 unspecified atom stereocenters. The molecule has 0 radical (unpaired) electrons. The van der Waals surface area contributed by atoms with Gasteiger partial charge in [-0.15, -0.1) is 11.3 Å². The van der Waals surface area contributed by atoms with E-state index in [1.54, 1.807) is 25.4 Å². The smallest absolute Gasteiger partial charge is 0.260 e. The second kappa shape index (κ2) is 4.75. The molecule has 0 aliphatic heterocycles.